The summed E-state index contributed by atoms with van der Waals surface area (Å²) < 4.78 is 0. The van der Waals surface area contributed by atoms with Gasteiger partial charge in [-0.3, -0.25) is 4.79 Å². The molecular weight excluding hydrogens is 192 g/mol. The summed E-state index contributed by atoms with van der Waals surface area (Å²) in [7, 11) is 0. The molecule has 1 aliphatic heterocycles. The molecule has 3 N–H and O–H groups in total. The summed E-state index contributed by atoms with van der Waals surface area (Å²) in [5.74, 6) is 0.0442. The first kappa shape index (κ1) is 12.5. The molecule has 0 aliphatic carbocycles. The van der Waals surface area contributed by atoms with Gasteiger partial charge in [-0.05, 0) is 32.7 Å². The summed E-state index contributed by atoms with van der Waals surface area (Å²) in [6, 6.07) is 0. The molecule has 4 nitrogen and oxygen atoms in total. The number of amides is 1. The highest BCUT2D eigenvalue weighted by Gasteiger charge is 2.39. The molecule has 0 bridgehead atoms. The largest absolute Gasteiger partial charge is 0.392 e. The van der Waals surface area contributed by atoms with Crippen molar-refractivity contribution in [3.8, 4) is 0 Å². The Balaban J connectivity index is 2.51. The van der Waals surface area contributed by atoms with E-state index in [2.05, 4.69) is 17.6 Å². The number of nitrogens with one attached hydrogen (secondary N) is 2. The van der Waals surface area contributed by atoms with Crippen LogP contribution >= 0.6 is 0 Å². The minimum atomic E-state index is -0.478. The van der Waals surface area contributed by atoms with E-state index in [1.807, 2.05) is 0 Å². The smallest absolute Gasteiger partial charge is 0.240 e. The fourth-order valence-electron chi connectivity index (χ4n) is 2.16. The lowest BCUT2D eigenvalue weighted by molar-refractivity contribution is -0.127. The molecule has 0 aromatic carbocycles. The van der Waals surface area contributed by atoms with Crippen LogP contribution in [-0.4, -0.2) is 35.7 Å². The summed E-state index contributed by atoms with van der Waals surface area (Å²) in [4.78, 5) is 12.0. The maximum Gasteiger partial charge on any atom is 0.240 e. The molecule has 15 heavy (non-hydrogen) atoms. The Kier molecular flexibility index (Phi) is 4.54. The van der Waals surface area contributed by atoms with Crippen molar-refractivity contribution in [2.24, 2.45) is 0 Å². The maximum absolute atomic E-state index is 12.0. The predicted molar refractivity (Wildman–Crippen MR) is 59.6 cm³/mol. The summed E-state index contributed by atoms with van der Waals surface area (Å²) in [6.45, 7) is 5.02. The maximum atomic E-state index is 12.0. The lowest BCUT2D eigenvalue weighted by atomic mass is 9.91. The normalized spacial score (nSPS) is 27.7. The molecule has 1 saturated heterocycles. The summed E-state index contributed by atoms with van der Waals surface area (Å²) in [5, 5.41) is 15.2. The van der Waals surface area contributed by atoms with Crippen LogP contribution in [0.3, 0.4) is 0 Å². The van der Waals surface area contributed by atoms with Gasteiger partial charge < -0.3 is 15.7 Å². The minimum Gasteiger partial charge on any atom is -0.392 e. The zero-order valence-corrected chi connectivity index (χ0v) is 9.68. The van der Waals surface area contributed by atoms with E-state index >= 15 is 0 Å². The molecule has 0 saturated carbocycles. The standard InChI is InChI=1S/C11H22N2O2/c1-3-5-11(6-4-7-13-11)10(15)12-8-9(2)14/h9,13-14H,3-8H2,1-2H3,(H,12,15)/t9-,11?/m1/s1. The Morgan fingerprint density at radius 3 is 2.87 bits per heavy atom. The number of carbonyl (C=O) groups excluding carboxylic acids is 1. The van der Waals surface area contributed by atoms with Gasteiger partial charge >= 0.3 is 0 Å². The van der Waals surface area contributed by atoms with Gasteiger partial charge in [0, 0.05) is 6.54 Å². The summed E-state index contributed by atoms with van der Waals surface area (Å²) >= 11 is 0. The molecule has 1 unspecified atom stereocenters. The van der Waals surface area contributed by atoms with Crippen molar-refractivity contribution < 1.29 is 9.90 Å². The van der Waals surface area contributed by atoms with Crippen LogP contribution in [0, 0.1) is 0 Å². The van der Waals surface area contributed by atoms with Gasteiger partial charge in [-0.1, -0.05) is 13.3 Å². The van der Waals surface area contributed by atoms with Crippen molar-refractivity contribution >= 4 is 5.91 Å². The highest BCUT2D eigenvalue weighted by molar-refractivity contribution is 5.86. The first-order chi connectivity index (χ1) is 7.10. The van der Waals surface area contributed by atoms with Gasteiger partial charge in [0.1, 0.15) is 0 Å². The lowest BCUT2D eigenvalue weighted by Crippen LogP contribution is -2.54. The van der Waals surface area contributed by atoms with Gasteiger partial charge in [0.05, 0.1) is 11.6 Å². The van der Waals surface area contributed by atoms with Crippen molar-refractivity contribution in [1.82, 2.24) is 10.6 Å². The van der Waals surface area contributed by atoms with E-state index in [1.165, 1.54) is 0 Å². The van der Waals surface area contributed by atoms with Gasteiger partial charge in [-0.2, -0.15) is 0 Å². The van der Waals surface area contributed by atoms with Crippen LogP contribution < -0.4 is 10.6 Å². The van der Waals surface area contributed by atoms with Crippen LogP contribution in [-0.2, 0) is 4.79 Å². The van der Waals surface area contributed by atoms with E-state index in [9.17, 15) is 4.79 Å². The SMILES string of the molecule is CCCC1(C(=O)NC[C@@H](C)O)CCCN1. The zero-order chi connectivity index (χ0) is 11.3. The molecule has 88 valence electrons. The molecule has 0 aromatic heterocycles. The van der Waals surface area contributed by atoms with Crippen LogP contribution in [0.4, 0.5) is 0 Å². The van der Waals surface area contributed by atoms with Crippen molar-refractivity contribution in [1.29, 1.82) is 0 Å². The Hall–Kier alpha value is -0.610. The summed E-state index contributed by atoms with van der Waals surface area (Å²) in [5.41, 5.74) is -0.371. The van der Waals surface area contributed by atoms with Crippen LogP contribution in [0.15, 0.2) is 0 Å². The van der Waals surface area contributed by atoms with Gasteiger partial charge in [-0.15, -0.1) is 0 Å². The second kappa shape index (κ2) is 5.47. The number of hydrogen-bond acceptors (Lipinski definition) is 3. The molecule has 0 radical (unpaired) electrons. The van der Waals surface area contributed by atoms with E-state index in [1.54, 1.807) is 6.92 Å². The lowest BCUT2D eigenvalue weighted by Gasteiger charge is -2.28. The van der Waals surface area contributed by atoms with Gasteiger partial charge in [0.15, 0.2) is 0 Å². The fourth-order valence-corrected chi connectivity index (χ4v) is 2.16. The molecule has 0 aromatic rings. The molecule has 1 aliphatic rings. The zero-order valence-electron chi connectivity index (χ0n) is 9.68. The number of carbonyl (C=O) groups is 1. The van der Waals surface area contributed by atoms with Crippen LogP contribution in [0.1, 0.15) is 39.5 Å². The molecule has 1 rings (SSSR count). The Morgan fingerprint density at radius 2 is 2.40 bits per heavy atom. The van der Waals surface area contributed by atoms with Crippen LogP contribution in [0.25, 0.3) is 0 Å². The Morgan fingerprint density at radius 1 is 1.67 bits per heavy atom. The second-order valence-corrected chi connectivity index (χ2v) is 4.42. The third-order valence-electron chi connectivity index (χ3n) is 2.91. The first-order valence-electron chi connectivity index (χ1n) is 5.82. The van der Waals surface area contributed by atoms with Crippen molar-refractivity contribution in [2.45, 2.75) is 51.2 Å². The van der Waals surface area contributed by atoms with Gasteiger partial charge in [0.2, 0.25) is 5.91 Å². The number of aliphatic hydroxyl groups excluding tert-OH is 1. The van der Waals surface area contributed by atoms with Gasteiger partial charge in [-0.25, -0.2) is 0 Å². The monoisotopic (exact) mass is 214 g/mol. The van der Waals surface area contributed by atoms with Gasteiger partial charge in [0.25, 0.3) is 0 Å². The average molecular weight is 214 g/mol. The molecule has 1 fully saturated rings. The molecule has 1 heterocycles. The molecular formula is C11H22N2O2. The molecule has 0 spiro atoms. The molecule has 1 amide bonds. The van der Waals surface area contributed by atoms with Crippen LogP contribution in [0.2, 0.25) is 0 Å². The highest BCUT2D eigenvalue weighted by Crippen LogP contribution is 2.24. The number of rotatable bonds is 5. The molecule has 2 atom stereocenters. The van der Waals surface area contributed by atoms with Crippen molar-refractivity contribution in [3.63, 3.8) is 0 Å². The van der Waals surface area contributed by atoms with E-state index in [0.29, 0.717) is 6.54 Å². The topological polar surface area (TPSA) is 61.4 Å². The highest BCUT2D eigenvalue weighted by atomic mass is 16.3. The minimum absolute atomic E-state index is 0.0442. The van der Waals surface area contributed by atoms with Crippen molar-refractivity contribution in [3.05, 3.63) is 0 Å². The average Bonchev–Trinajstić information content (AvgIpc) is 2.64. The molecule has 4 heteroatoms. The Bertz CT molecular complexity index is 211. The number of aliphatic hydroxyl groups is 1. The van der Waals surface area contributed by atoms with E-state index in [0.717, 1.165) is 32.2 Å². The Labute approximate surface area is 91.4 Å². The third-order valence-corrected chi connectivity index (χ3v) is 2.91. The predicted octanol–water partition coefficient (Wildman–Crippen LogP) is 0.406. The third kappa shape index (κ3) is 3.18. The van der Waals surface area contributed by atoms with Crippen LogP contribution in [0.5, 0.6) is 0 Å². The van der Waals surface area contributed by atoms with E-state index < -0.39 is 6.10 Å². The van der Waals surface area contributed by atoms with E-state index in [4.69, 9.17) is 5.11 Å². The fraction of sp³-hybridized carbons (Fsp3) is 0.909. The second-order valence-electron chi connectivity index (χ2n) is 4.42. The number of hydrogen-bond donors (Lipinski definition) is 3. The quantitative estimate of drug-likeness (QED) is 0.621. The summed E-state index contributed by atoms with van der Waals surface area (Å²) in [6.07, 6.45) is 3.36. The van der Waals surface area contributed by atoms with Crippen molar-refractivity contribution in [2.75, 3.05) is 13.1 Å². The van der Waals surface area contributed by atoms with E-state index in [-0.39, 0.29) is 11.4 Å². The first-order valence-corrected chi connectivity index (χ1v) is 5.82.